The SMILES string of the molecule is Cl.NC1CCN(C(=O)Cc2ccccc2F)CC1. The lowest BCUT2D eigenvalue weighted by molar-refractivity contribution is -0.131. The summed E-state index contributed by atoms with van der Waals surface area (Å²) < 4.78 is 13.4. The predicted molar refractivity (Wildman–Crippen MR) is 71.1 cm³/mol. The summed E-state index contributed by atoms with van der Waals surface area (Å²) in [6.07, 6.45) is 1.81. The monoisotopic (exact) mass is 272 g/mol. The Morgan fingerprint density at radius 3 is 2.56 bits per heavy atom. The normalized spacial score (nSPS) is 16.2. The van der Waals surface area contributed by atoms with E-state index in [2.05, 4.69) is 0 Å². The number of likely N-dealkylation sites (tertiary alicyclic amines) is 1. The first-order chi connectivity index (χ1) is 8.16. The highest BCUT2D eigenvalue weighted by Crippen LogP contribution is 2.12. The van der Waals surface area contributed by atoms with Crippen molar-refractivity contribution in [1.29, 1.82) is 0 Å². The van der Waals surface area contributed by atoms with Crippen LogP contribution in [0.1, 0.15) is 18.4 Å². The van der Waals surface area contributed by atoms with Gasteiger partial charge in [0.15, 0.2) is 0 Å². The van der Waals surface area contributed by atoms with Gasteiger partial charge in [0.1, 0.15) is 5.82 Å². The van der Waals surface area contributed by atoms with Crippen LogP contribution in [-0.2, 0) is 11.2 Å². The minimum atomic E-state index is -0.311. The van der Waals surface area contributed by atoms with Gasteiger partial charge in [0.05, 0.1) is 6.42 Å². The summed E-state index contributed by atoms with van der Waals surface area (Å²) >= 11 is 0. The van der Waals surface area contributed by atoms with Crippen LogP contribution in [0, 0.1) is 5.82 Å². The molecule has 5 heteroatoms. The van der Waals surface area contributed by atoms with E-state index in [0.717, 1.165) is 12.8 Å². The fraction of sp³-hybridized carbons (Fsp3) is 0.462. The third-order valence-electron chi connectivity index (χ3n) is 3.19. The number of rotatable bonds is 2. The van der Waals surface area contributed by atoms with Crippen LogP contribution in [0.5, 0.6) is 0 Å². The van der Waals surface area contributed by atoms with E-state index in [1.54, 1.807) is 23.1 Å². The van der Waals surface area contributed by atoms with Gasteiger partial charge >= 0.3 is 0 Å². The largest absolute Gasteiger partial charge is 0.342 e. The van der Waals surface area contributed by atoms with Crippen molar-refractivity contribution in [1.82, 2.24) is 4.90 Å². The molecule has 1 aromatic carbocycles. The van der Waals surface area contributed by atoms with Crippen LogP contribution in [0.4, 0.5) is 4.39 Å². The Morgan fingerprint density at radius 1 is 1.33 bits per heavy atom. The van der Waals surface area contributed by atoms with Gasteiger partial charge in [-0.05, 0) is 24.5 Å². The summed E-state index contributed by atoms with van der Waals surface area (Å²) in [5, 5.41) is 0. The smallest absolute Gasteiger partial charge is 0.227 e. The number of nitrogens with zero attached hydrogens (tertiary/aromatic N) is 1. The Bertz CT molecular complexity index is 406. The van der Waals surface area contributed by atoms with Crippen molar-refractivity contribution in [3.63, 3.8) is 0 Å². The number of carbonyl (C=O) groups excluding carboxylic acids is 1. The van der Waals surface area contributed by atoms with Crippen LogP contribution in [0.2, 0.25) is 0 Å². The zero-order valence-corrected chi connectivity index (χ0v) is 11.0. The minimum absolute atomic E-state index is 0. The van der Waals surface area contributed by atoms with Crippen molar-refractivity contribution in [2.45, 2.75) is 25.3 Å². The van der Waals surface area contributed by atoms with Crippen molar-refractivity contribution in [3.05, 3.63) is 35.6 Å². The molecular weight excluding hydrogens is 255 g/mol. The second kappa shape index (κ2) is 6.71. The molecule has 0 bridgehead atoms. The number of halogens is 2. The number of piperidine rings is 1. The predicted octanol–water partition coefficient (Wildman–Crippen LogP) is 1.74. The van der Waals surface area contributed by atoms with Crippen molar-refractivity contribution >= 4 is 18.3 Å². The van der Waals surface area contributed by atoms with Gasteiger partial charge in [-0.3, -0.25) is 4.79 Å². The van der Waals surface area contributed by atoms with Crippen LogP contribution in [-0.4, -0.2) is 29.9 Å². The van der Waals surface area contributed by atoms with Crippen LogP contribution < -0.4 is 5.73 Å². The van der Waals surface area contributed by atoms with Gasteiger partial charge in [0, 0.05) is 19.1 Å². The number of nitrogens with two attached hydrogens (primary N) is 1. The fourth-order valence-corrected chi connectivity index (χ4v) is 2.07. The third kappa shape index (κ3) is 3.68. The zero-order chi connectivity index (χ0) is 12.3. The van der Waals surface area contributed by atoms with Crippen LogP contribution in [0.25, 0.3) is 0 Å². The molecule has 18 heavy (non-hydrogen) atoms. The lowest BCUT2D eigenvalue weighted by Gasteiger charge is -2.30. The van der Waals surface area contributed by atoms with Gasteiger partial charge in [-0.2, -0.15) is 0 Å². The molecule has 1 saturated heterocycles. The number of benzene rings is 1. The molecule has 2 N–H and O–H groups in total. The van der Waals surface area contributed by atoms with E-state index < -0.39 is 0 Å². The molecular formula is C13H18ClFN2O. The van der Waals surface area contributed by atoms with Gasteiger partial charge in [-0.15, -0.1) is 12.4 Å². The molecule has 1 aliphatic rings. The standard InChI is InChI=1S/C13H17FN2O.ClH/c14-12-4-2-1-3-10(12)9-13(17)16-7-5-11(15)6-8-16;/h1-4,11H,5-9,15H2;1H. The molecule has 0 aromatic heterocycles. The number of carbonyl (C=O) groups is 1. The topological polar surface area (TPSA) is 46.3 Å². The van der Waals surface area contributed by atoms with E-state index in [0.29, 0.717) is 18.7 Å². The van der Waals surface area contributed by atoms with Gasteiger partial charge in [0.2, 0.25) is 5.91 Å². The quantitative estimate of drug-likeness (QED) is 0.891. The summed E-state index contributed by atoms with van der Waals surface area (Å²) in [5.41, 5.74) is 6.24. The maximum absolute atomic E-state index is 13.4. The van der Waals surface area contributed by atoms with E-state index in [9.17, 15) is 9.18 Å². The maximum atomic E-state index is 13.4. The van der Waals surface area contributed by atoms with E-state index in [4.69, 9.17) is 5.73 Å². The van der Waals surface area contributed by atoms with Gasteiger partial charge < -0.3 is 10.6 Å². The first-order valence-corrected chi connectivity index (χ1v) is 5.93. The molecule has 1 aromatic rings. The van der Waals surface area contributed by atoms with Crippen LogP contribution >= 0.6 is 12.4 Å². The Hall–Kier alpha value is -1.13. The Balaban J connectivity index is 0.00000162. The molecule has 0 atom stereocenters. The summed E-state index contributed by atoms with van der Waals surface area (Å²) in [6.45, 7) is 1.38. The fourth-order valence-electron chi connectivity index (χ4n) is 2.07. The highest BCUT2D eigenvalue weighted by Gasteiger charge is 2.21. The lowest BCUT2D eigenvalue weighted by Crippen LogP contribution is -2.43. The van der Waals surface area contributed by atoms with Crippen LogP contribution in [0.15, 0.2) is 24.3 Å². The summed E-state index contributed by atoms with van der Waals surface area (Å²) in [5.74, 6) is -0.323. The molecule has 1 aliphatic heterocycles. The van der Waals surface area contributed by atoms with E-state index in [1.165, 1.54) is 6.07 Å². The zero-order valence-electron chi connectivity index (χ0n) is 10.1. The Labute approximate surface area is 113 Å². The van der Waals surface area contributed by atoms with Gasteiger partial charge in [-0.25, -0.2) is 4.39 Å². The molecule has 0 aliphatic carbocycles. The Kier molecular flexibility index (Phi) is 5.56. The number of amides is 1. The van der Waals surface area contributed by atoms with Gasteiger partial charge in [-0.1, -0.05) is 18.2 Å². The highest BCUT2D eigenvalue weighted by atomic mass is 35.5. The first kappa shape index (κ1) is 14.9. The van der Waals surface area contributed by atoms with Crippen molar-refractivity contribution < 1.29 is 9.18 Å². The van der Waals surface area contributed by atoms with Crippen molar-refractivity contribution in [2.75, 3.05) is 13.1 Å². The maximum Gasteiger partial charge on any atom is 0.227 e. The van der Waals surface area contributed by atoms with Crippen molar-refractivity contribution in [2.24, 2.45) is 5.73 Å². The lowest BCUT2D eigenvalue weighted by atomic mass is 10.0. The molecule has 1 amide bonds. The molecule has 0 radical (unpaired) electrons. The third-order valence-corrected chi connectivity index (χ3v) is 3.19. The first-order valence-electron chi connectivity index (χ1n) is 5.93. The Morgan fingerprint density at radius 2 is 1.94 bits per heavy atom. The second-order valence-electron chi connectivity index (χ2n) is 4.49. The molecule has 0 unspecified atom stereocenters. The second-order valence-corrected chi connectivity index (χ2v) is 4.49. The van der Waals surface area contributed by atoms with E-state index in [-0.39, 0.29) is 36.6 Å². The molecule has 1 heterocycles. The molecule has 3 nitrogen and oxygen atoms in total. The molecule has 1 fully saturated rings. The molecule has 0 saturated carbocycles. The molecule has 2 rings (SSSR count). The van der Waals surface area contributed by atoms with E-state index in [1.807, 2.05) is 0 Å². The summed E-state index contributed by atoms with van der Waals surface area (Å²) in [7, 11) is 0. The molecule has 0 spiro atoms. The summed E-state index contributed by atoms with van der Waals surface area (Å²) in [4.78, 5) is 13.7. The summed E-state index contributed by atoms with van der Waals surface area (Å²) in [6, 6.07) is 6.62. The highest BCUT2D eigenvalue weighted by molar-refractivity contribution is 5.85. The average molecular weight is 273 g/mol. The number of hydrogen-bond donors (Lipinski definition) is 1. The minimum Gasteiger partial charge on any atom is -0.342 e. The number of hydrogen-bond acceptors (Lipinski definition) is 2. The van der Waals surface area contributed by atoms with Gasteiger partial charge in [0.25, 0.3) is 0 Å². The van der Waals surface area contributed by atoms with Crippen LogP contribution in [0.3, 0.4) is 0 Å². The average Bonchev–Trinajstić information content (AvgIpc) is 2.33. The van der Waals surface area contributed by atoms with E-state index >= 15 is 0 Å². The molecule has 100 valence electrons. The van der Waals surface area contributed by atoms with Crippen molar-refractivity contribution in [3.8, 4) is 0 Å².